The molecule has 2 aromatic rings. The van der Waals surface area contributed by atoms with Crippen molar-refractivity contribution in [3.8, 4) is 0 Å². The van der Waals surface area contributed by atoms with Crippen LogP contribution in [0.3, 0.4) is 0 Å². The number of hydrogen-bond donors (Lipinski definition) is 1. The van der Waals surface area contributed by atoms with Gasteiger partial charge >= 0.3 is 5.63 Å². The predicted molar refractivity (Wildman–Crippen MR) is 101 cm³/mol. The molecule has 0 radical (unpaired) electrons. The maximum Gasteiger partial charge on any atom is 0.349 e. The first kappa shape index (κ1) is 19.9. The molecule has 2 aromatic heterocycles. The Kier molecular flexibility index (Phi) is 7.18. The van der Waals surface area contributed by atoms with Gasteiger partial charge < -0.3 is 14.3 Å². The summed E-state index contributed by atoms with van der Waals surface area (Å²) < 4.78 is 7.41. The fourth-order valence-corrected chi connectivity index (χ4v) is 2.90. The maximum atomic E-state index is 12.4. The van der Waals surface area contributed by atoms with Crippen LogP contribution in [0.4, 0.5) is 0 Å². The van der Waals surface area contributed by atoms with Crippen molar-refractivity contribution in [3.05, 3.63) is 51.6 Å². The Morgan fingerprint density at radius 3 is 2.81 bits per heavy atom. The van der Waals surface area contributed by atoms with E-state index >= 15 is 0 Å². The van der Waals surface area contributed by atoms with Crippen molar-refractivity contribution in [1.29, 1.82) is 0 Å². The molecule has 0 atom stereocenters. The van der Waals surface area contributed by atoms with Gasteiger partial charge in [0.05, 0.1) is 0 Å². The van der Waals surface area contributed by atoms with Gasteiger partial charge in [0.1, 0.15) is 17.1 Å². The molecule has 0 bridgehead atoms. The van der Waals surface area contributed by atoms with Crippen molar-refractivity contribution in [1.82, 2.24) is 14.9 Å². The van der Waals surface area contributed by atoms with Gasteiger partial charge in [0.15, 0.2) is 0 Å². The number of amides is 1. The lowest BCUT2D eigenvalue weighted by atomic mass is 10.0. The molecule has 0 fully saturated rings. The fraction of sp³-hybridized carbons (Fsp3) is 0.550. The molecule has 0 saturated carbocycles. The summed E-state index contributed by atoms with van der Waals surface area (Å²) in [5.41, 5.74) is 0.222. The summed E-state index contributed by atoms with van der Waals surface area (Å²) in [6.07, 6.45) is 7.03. The van der Waals surface area contributed by atoms with Crippen molar-refractivity contribution < 1.29 is 9.21 Å². The minimum Gasteiger partial charge on any atom is -0.427 e. The second kappa shape index (κ2) is 9.36. The van der Waals surface area contributed by atoms with Crippen LogP contribution in [0, 0.1) is 12.8 Å². The average molecular weight is 359 g/mol. The van der Waals surface area contributed by atoms with Gasteiger partial charge in [0.2, 0.25) is 0 Å². The van der Waals surface area contributed by atoms with Crippen molar-refractivity contribution in [2.45, 2.75) is 59.9 Å². The Morgan fingerprint density at radius 1 is 1.38 bits per heavy atom. The highest BCUT2D eigenvalue weighted by molar-refractivity contribution is 5.95. The van der Waals surface area contributed by atoms with Crippen molar-refractivity contribution in [2.24, 2.45) is 5.92 Å². The highest BCUT2D eigenvalue weighted by Crippen LogP contribution is 2.11. The summed E-state index contributed by atoms with van der Waals surface area (Å²) in [5.74, 6) is 1.84. The second-order valence-corrected chi connectivity index (χ2v) is 6.99. The van der Waals surface area contributed by atoms with E-state index in [0.717, 1.165) is 31.6 Å². The van der Waals surface area contributed by atoms with Crippen LogP contribution in [-0.2, 0) is 19.4 Å². The van der Waals surface area contributed by atoms with Gasteiger partial charge in [-0.3, -0.25) is 4.79 Å². The molecule has 2 rings (SSSR count). The Labute approximate surface area is 154 Å². The molecular weight excluding hydrogens is 330 g/mol. The summed E-state index contributed by atoms with van der Waals surface area (Å²) in [4.78, 5) is 28.8. The first-order valence-electron chi connectivity index (χ1n) is 9.34. The van der Waals surface area contributed by atoms with Gasteiger partial charge in [-0.15, -0.1) is 0 Å². The van der Waals surface area contributed by atoms with E-state index in [4.69, 9.17) is 4.42 Å². The van der Waals surface area contributed by atoms with Crippen molar-refractivity contribution >= 4 is 5.91 Å². The van der Waals surface area contributed by atoms with Gasteiger partial charge in [-0.2, -0.15) is 0 Å². The van der Waals surface area contributed by atoms with E-state index in [-0.39, 0.29) is 11.5 Å². The van der Waals surface area contributed by atoms with Gasteiger partial charge in [-0.25, -0.2) is 9.78 Å². The number of aromatic nitrogens is 2. The molecule has 0 unspecified atom stereocenters. The Bertz CT molecular complexity index is 790. The van der Waals surface area contributed by atoms with Crippen LogP contribution in [-0.4, -0.2) is 22.0 Å². The van der Waals surface area contributed by atoms with Crippen molar-refractivity contribution in [2.75, 3.05) is 6.54 Å². The third kappa shape index (κ3) is 5.31. The molecule has 142 valence electrons. The average Bonchev–Trinajstić information content (AvgIpc) is 3.03. The molecule has 0 aliphatic carbocycles. The molecule has 1 amide bonds. The SMILES string of the molecule is CCc1nccn1CCCNC(=O)c1c(C)cc(CCC(C)C)oc1=O. The van der Waals surface area contributed by atoms with Crippen molar-refractivity contribution in [3.63, 3.8) is 0 Å². The van der Waals surface area contributed by atoms with E-state index in [9.17, 15) is 9.59 Å². The number of carbonyl (C=O) groups is 1. The molecule has 0 aliphatic heterocycles. The predicted octanol–water partition coefficient (Wildman–Crippen LogP) is 3.12. The quantitative estimate of drug-likeness (QED) is 0.698. The summed E-state index contributed by atoms with van der Waals surface area (Å²) in [6.45, 7) is 9.37. The smallest absolute Gasteiger partial charge is 0.349 e. The number of aryl methyl sites for hydroxylation is 4. The van der Waals surface area contributed by atoms with E-state index in [1.165, 1.54) is 0 Å². The standard InChI is InChI=1S/C20H29N3O3/c1-5-17-21-10-12-23(17)11-6-9-22-19(24)18-15(4)13-16(26-20(18)25)8-7-14(2)3/h10,12-14H,5-9,11H2,1-4H3,(H,22,24). The minimum absolute atomic E-state index is 0.107. The largest absolute Gasteiger partial charge is 0.427 e. The molecule has 0 aliphatic rings. The Hall–Kier alpha value is -2.37. The fourth-order valence-electron chi connectivity index (χ4n) is 2.90. The summed E-state index contributed by atoms with van der Waals surface area (Å²) in [6, 6.07) is 1.80. The first-order chi connectivity index (χ1) is 12.4. The first-order valence-corrected chi connectivity index (χ1v) is 9.34. The number of rotatable bonds is 9. The molecule has 0 spiro atoms. The summed E-state index contributed by atoms with van der Waals surface area (Å²) >= 11 is 0. The molecule has 26 heavy (non-hydrogen) atoms. The lowest BCUT2D eigenvalue weighted by molar-refractivity contribution is 0.0947. The third-order valence-electron chi connectivity index (χ3n) is 4.37. The number of carbonyl (C=O) groups excluding carboxylic acids is 1. The van der Waals surface area contributed by atoms with Crippen LogP contribution >= 0.6 is 0 Å². The number of imidazole rings is 1. The van der Waals surface area contributed by atoms with Crippen LogP contribution < -0.4 is 10.9 Å². The Morgan fingerprint density at radius 2 is 2.15 bits per heavy atom. The maximum absolute atomic E-state index is 12.4. The molecule has 0 saturated heterocycles. The van der Waals surface area contributed by atoms with E-state index in [2.05, 4.69) is 35.6 Å². The lowest BCUT2D eigenvalue weighted by Gasteiger charge is -2.10. The van der Waals surface area contributed by atoms with Crippen LogP contribution in [0.15, 0.2) is 27.7 Å². The monoisotopic (exact) mass is 359 g/mol. The molecule has 6 nitrogen and oxygen atoms in total. The topological polar surface area (TPSA) is 77.1 Å². The molecule has 0 aromatic carbocycles. The second-order valence-electron chi connectivity index (χ2n) is 6.99. The van der Waals surface area contributed by atoms with E-state index < -0.39 is 5.63 Å². The van der Waals surface area contributed by atoms with Crippen LogP contribution in [0.1, 0.15) is 61.1 Å². The van der Waals surface area contributed by atoms with Gasteiger partial charge in [0.25, 0.3) is 5.91 Å². The van der Waals surface area contributed by atoms with Gasteiger partial charge in [0, 0.05) is 38.3 Å². The molecule has 2 heterocycles. The zero-order chi connectivity index (χ0) is 19.1. The van der Waals surface area contributed by atoms with Crippen LogP contribution in [0.5, 0.6) is 0 Å². The van der Waals surface area contributed by atoms with E-state index in [1.54, 1.807) is 19.2 Å². The molecular formula is C20H29N3O3. The number of nitrogens with zero attached hydrogens (tertiary/aromatic N) is 2. The number of nitrogens with one attached hydrogen (secondary N) is 1. The van der Waals surface area contributed by atoms with Crippen LogP contribution in [0.25, 0.3) is 0 Å². The number of hydrogen-bond acceptors (Lipinski definition) is 4. The van der Waals surface area contributed by atoms with Crippen LogP contribution in [0.2, 0.25) is 0 Å². The van der Waals surface area contributed by atoms with E-state index in [1.807, 2.05) is 6.20 Å². The molecule has 6 heteroatoms. The normalized spacial score (nSPS) is 11.1. The molecule has 1 N–H and O–H groups in total. The third-order valence-corrected chi connectivity index (χ3v) is 4.37. The van der Waals surface area contributed by atoms with Gasteiger partial charge in [-0.05, 0) is 37.3 Å². The zero-order valence-electron chi connectivity index (χ0n) is 16.2. The van der Waals surface area contributed by atoms with E-state index in [0.29, 0.717) is 30.2 Å². The summed E-state index contributed by atoms with van der Waals surface area (Å²) in [5, 5.41) is 2.82. The zero-order valence-corrected chi connectivity index (χ0v) is 16.2. The highest BCUT2D eigenvalue weighted by Gasteiger charge is 2.16. The summed E-state index contributed by atoms with van der Waals surface area (Å²) in [7, 11) is 0. The Balaban J connectivity index is 1.91. The lowest BCUT2D eigenvalue weighted by Crippen LogP contribution is -2.31. The highest BCUT2D eigenvalue weighted by atomic mass is 16.4. The minimum atomic E-state index is -0.552. The van der Waals surface area contributed by atoms with Gasteiger partial charge in [-0.1, -0.05) is 20.8 Å².